The van der Waals surface area contributed by atoms with E-state index in [0.717, 1.165) is 0 Å². The number of hydrogen-bond donors (Lipinski definition) is 0. The average Bonchev–Trinajstić information content (AvgIpc) is 2.96. The number of imidazole rings is 1. The number of hydrogen-bond acceptors (Lipinski definition) is 0. The van der Waals surface area contributed by atoms with Crippen LogP contribution in [0.5, 0.6) is 0 Å². The zero-order valence-electron chi connectivity index (χ0n) is 16.5. The van der Waals surface area contributed by atoms with Crippen LogP contribution in [0.2, 0.25) is 0 Å². The molecule has 0 N–H and O–H groups in total. The summed E-state index contributed by atoms with van der Waals surface area (Å²) in [7, 11) is 0. The second kappa shape index (κ2) is 7.21. The Balaban J connectivity index is 0.00000210. The molecular weight excluding hydrogens is 352 g/mol. The number of rotatable bonds is 2. The molecule has 0 bridgehead atoms. The predicted molar refractivity (Wildman–Crippen MR) is 108 cm³/mol. The number of pyridine rings is 1. The van der Waals surface area contributed by atoms with Crippen molar-refractivity contribution < 1.29 is 17.0 Å². The van der Waals surface area contributed by atoms with Gasteiger partial charge in [0.05, 0.1) is 0 Å². The van der Waals surface area contributed by atoms with Crippen molar-refractivity contribution >= 4 is 5.52 Å². The van der Waals surface area contributed by atoms with E-state index in [1.165, 1.54) is 50.3 Å². The maximum Gasteiger partial charge on any atom is 0.254 e. The van der Waals surface area contributed by atoms with Crippen molar-refractivity contribution in [3.05, 3.63) is 88.9 Å². The topological polar surface area (TPSA) is 8.29 Å². The summed E-state index contributed by atoms with van der Waals surface area (Å²) in [6, 6.07) is 17.7. The van der Waals surface area contributed by atoms with Crippen LogP contribution in [-0.4, -0.2) is 4.40 Å². The molecule has 0 aliphatic carbocycles. The van der Waals surface area contributed by atoms with Crippen LogP contribution < -0.4 is 17.0 Å². The first-order valence-electron chi connectivity index (χ1n) is 9.11. The molecule has 2 heterocycles. The van der Waals surface area contributed by atoms with E-state index in [4.69, 9.17) is 0 Å². The number of fused-ring (bicyclic) bond motifs is 1. The van der Waals surface area contributed by atoms with E-state index in [9.17, 15) is 0 Å². The molecule has 4 rings (SSSR count). The van der Waals surface area contributed by atoms with E-state index >= 15 is 0 Å². The average molecular weight is 377 g/mol. The highest BCUT2D eigenvalue weighted by Gasteiger charge is 2.17. The van der Waals surface area contributed by atoms with Gasteiger partial charge in [-0.1, -0.05) is 41.0 Å². The molecule has 138 valence electrons. The van der Waals surface area contributed by atoms with Gasteiger partial charge in [0.2, 0.25) is 0 Å². The third-order valence-corrected chi connectivity index (χ3v) is 4.98. The zero-order chi connectivity index (χ0) is 18.4. The highest BCUT2D eigenvalue weighted by molar-refractivity contribution is 5.65. The molecule has 2 aromatic heterocycles. The summed E-state index contributed by atoms with van der Waals surface area (Å²) in [5.41, 5.74) is 11.4. The molecule has 0 aliphatic heterocycles. The predicted octanol–water partition coefficient (Wildman–Crippen LogP) is 2.43. The lowest BCUT2D eigenvalue weighted by atomic mass is 10.0. The first kappa shape index (κ1) is 19.2. The zero-order valence-corrected chi connectivity index (χ0v) is 17.3. The highest BCUT2D eigenvalue weighted by Crippen LogP contribution is 2.24. The molecule has 0 saturated heterocycles. The van der Waals surface area contributed by atoms with Crippen molar-refractivity contribution in [2.45, 2.75) is 34.6 Å². The van der Waals surface area contributed by atoms with Crippen molar-refractivity contribution in [1.82, 2.24) is 4.40 Å². The number of nitrogens with zero attached hydrogens (tertiary/aromatic N) is 2. The van der Waals surface area contributed by atoms with Crippen molar-refractivity contribution in [2.24, 2.45) is 0 Å². The molecule has 0 saturated carbocycles. The van der Waals surface area contributed by atoms with Gasteiger partial charge in [-0.05, 0) is 70.0 Å². The summed E-state index contributed by atoms with van der Waals surface area (Å²) in [6.07, 6.45) is 4.42. The first-order chi connectivity index (χ1) is 12.4. The summed E-state index contributed by atoms with van der Waals surface area (Å²) in [4.78, 5) is 0. The van der Waals surface area contributed by atoms with Gasteiger partial charge >= 0.3 is 0 Å². The molecule has 2 aromatic carbocycles. The minimum atomic E-state index is 0. The van der Waals surface area contributed by atoms with Gasteiger partial charge in [0.25, 0.3) is 6.33 Å². The van der Waals surface area contributed by atoms with E-state index < -0.39 is 0 Å². The fourth-order valence-corrected chi connectivity index (χ4v) is 4.13. The maximum absolute atomic E-state index is 2.28. The monoisotopic (exact) mass is 376 g/mol. The summed E-state index contributed by atoms with van der Waals surface area (Å²) in [5.74, 6) is 0. The van der Waals surface area contributed by atoms with Gasteiger partial charge in [0.1, 0.15) is 17.6 Å². The molecule has 0 amide bonds. The second-order valence-electron chi connectivity index (χ2n) is 7.48. The smallest absolute Gasteiger partial charge is 0.254 e. The fraction of sp³-hybridized carbons (Fsp3) is 0.208. The quantitative estimate of drug-likeness (QED) is 0.475. The van der Waals surface area contributed by atoms with Gasteiger partial charge < -0.3 is 12.4 Å². The van der Waals surface area contributed by atoms with E-state index in [1.807, 2.05) is 0 Å². The minimum Gasteiger partial charge on any atom is -1.00 e. The molecule has 0 spiro atoms. The van der Waals surface area contributed by atoms with E-state index in [-0.39, 0.29) is 12.4 Å². The van der Waals surface area contributed by atoms with Crippen molar-refractivity contribution in [2.75, 3.05) is 0 Å². The van der Waals surface area contributed by atoms with Gasteiger partial charge in [-0.15, -0.1) is 0 Å². The van der Waals surface area contributed by atoms with E-state index in [2.05, 4.69) is 105 Å². The summed E-state index contributed by atoms with van der Waals surface area (Å²) in [6.45, 7) is 10.9. The third-order valence-electron chi connectivity index (χ3n) is 4.98. The first-order valence-corrected chi connectivity index (χ1v) is 9.11. The number of halogens is 1. The normalized spacial score (nSPS) is 10.9. The largest absolute Gasteiger partial charge is 1.00 e. The standard InChI is InChI=1S/C24H25N2.ClH/c1-16-9-17(2)13-21(12-16)23-8-6-7-22-14-25(15-26(22)23)24-19(4)10-18(3)11-20(24)5;/h6-15H,1-5H3;1H/q+1;/p-1. The molecule has 0 radical (unpaired) electrons. The van der Waals surface area contributed by atoms with Gasteiger partial charge in [0.15, 0.2) is 5.52 Å². The summed E-state index contributed by atoms with van der Waals surface area (Å²) >= 11 is 0. The highest BCUT2D eigenvalue weighted by atomic mass is 35.5. The molecule has 0 unspecified atom stereocenters. The Morgan fingerprint density at radius 3 is 1.96 bits per heavy atom. The summed E-state index contributed by atoms with van der Waals surface area (Å²) < 4.78 is 4.54. The van der Waals surface area contributed by atoms with E-state index in [0.29, 0.717) is 0 Å². The second-order valence-corrected chi connectivity index (χ2v) is 7.48. The molecule has 0 aliphatic rings. The Hall–Kier alpha value is -2.58. The lowest BCUT2D eigenvalue weighted by Gasteiger charge is -2.07. The Kier molecular flexibility index (Phi) is 5.12. The van der Waals surface area contributed by atoms with Gasteiger partial charge in [-0.3, -0.25) is 0 Å². The Labute approximate surface area is 167 Å². The van der Waals surface area contributed by atoms with Crippen molar-refractivity contribution in [1.29, 1.82) is 0 Å². The molecule has 2 nitrogen and oxygen atoms in total. The maximum atomic E-state index is 2.28. The molecule has 4 aromatic rings. The van der Waals surface area contributed by atoms with E-state index in [1.54, 1.807) is 0 Å². The lowest BCUT2D eigenvalue weighted by molar-refractivity contribution is -0.594. The SMILES string of the molecule is Cc1cc(C)cc(-c2cccc3c[n+](-c4c(C)cc(C)cc4C)cn23)c1.[Cl-]. The minimum absolute atomic E-state index is 0. The van der Waals surface area contributed by atoms with Crippen molar-refractivity contribution in [3.63, 3.8) is 0 Å². The van der Waals surface area contributed by atoms with Crippen LogP contribution in [0.25, 0.3) is 22.5 Å². The number of benzene rings is 2. The molecule has 3 heteroatoms. The van der Waals surface area contributed by atoms with Crippen LogP contribution >= 0.6 is 0 Å². The molecular formula is C24H25ClN2. The van der Waals surface area contributed by atoms with Crippen LogP contribution in [0.15, 0.2) is 61.1 Å². The van der Waals surface area contributed by atoms with Crippen LogP contribution in [-0.2, 0) is 0 Å². The summed E-state index contributed by atoms with van der Waals surface area (Å²) in [5, 5.41) is 0. The van der Waals surface area contributed by atoms with Gasteiger partial charge in [-0.2, -0.15) is 4.40 Å². The van der Waals surface area contributed by atoms with Crippen molar-refractivity contribution in [3.8, 4) is 16.9 Å². The molecule has 27 heavy (non-hydrogen) atoms. The Morgan fingerprint density at radius 1 is 0.741 bits per heavy atom. The van der Waals surface area contributed by atoms with Gasteiger partial charge in [0, 0.05) is 5.56 Å². The molecule has 0 atom stereocenters. The van der Waals surface area contributed by atoms with Crippen LogP contribution in [0.3, 0.4) is 0 Å². The Morgan fingerprint density at radius 2 is 1.33 bits per heavy atom. The number of aromatic nitrogens is 2. The lowest BCUT2D eigenvalue weighted by Crippen LogP contribution is -3.00. The Bertz CT molecular complexity index is 1100. The van der Waals surface area contributed by atoms with Crippen LogP contribution in [0, 0.1) is 34.6 Å². The van der Waals surface area contributed by atoms with Crippen LogP contribution in [0.4, 0.5) is 0 Å². The van der Waals surface area contributed by atoms with Crippen LogP contribution in [0.1, 0.15) is 27.8 Å². The number of aryl methyl sites for hydroxylation is 5. The van der Waals surface area contributed by atoms with Gasteiger partial charge in [-0.25, -0.2) is 4.57 Å². The fourth-order valence-electron chi connectivity index (χ4n) is 4.13. The third kappa shape index (κ3) is 3.50. The molecule has 0 fully saturated rings.